The second-order valence-corrected chi connectivity index (χ2v) is 2.09. The van der Waals surface area contributed by atoms with Crippen LogP contribution in [0, 0.1) is 0 Å². The Balaban J connectivity index is 0. The third-order valence-corrected chi connectivity index (χ3v) is 1.31. The van der Waals surface area contributed by atoms with Crippen LogP contribution in [-0.2, 0) is 6.42 Å². The minimum atomic E-state index is 0. The molecule has 4 radical (unpaired) electrons. The topological polar surface area (TPSA) is 27.6 Å². The van der Waals surface area contributed by atoms with Gasteiger partial charge in [0.05, 0.1) is 6.54 Å². The van der Waals surface area contributed by atoms with Crippen LogP contribution in [-0.4, -0.2) is 33.8 Å². The number of halogens is 1. The van der Waals surface area contributed by atoms with Crippen LogP contribution in [0.3, 0.4) is 0 Å². The smallest absolute Gasteiger partial charge is 0.357 e. The Morgan fingerprint density at radius 3 is 2.09 bits per heavy atom. The molecule has 1 rings (SSSR count). The summed E-state index contributed by atoms with van der Waals surface area (Å²) in [6.45, 7) is 0.990. The Morgan fingerprint density at radius 1 is 1.09 bits per heavy atom. The van der Waals surface area contributed by atoms with Gasteiger partial charge in [-0.3, -0.25) is 0 Å². The number of benzene rings is 1. The first-order valence-electron chi connectivity index (χ1n) is 3.26. The van der Waals surface area contributed by atoms with Gasteiger partial charge >= 0.3 is 51.3 Å². The summed E-state index contributed by atoms with van der Waals surface area (Å²) in [6, 6.07) is 10.4. The first kappa shape index (κ1) is 14.4. The Labute approximate surface area is 105 Å². The van der Waals surface area contributed by atoms with Crippen molar-refractivity contribution in [3.8, 4) is 0 Å². The first-order chi connectivity index (χ1) is 4.43. The van der Waals surface area contributed by atoms with Crippen molar-refractivity contribution < 1.29 is 29.7 Å². The average Bonchev–Trinajstić information content (AvgIpc) is 1.91. The van der Waals surface area contributed by atoms with Crippen LogP contribution < -0.4 is 29.7 Å². The van der Waals surface area contributed by atoms with Gasteiger partial charge in [0.15, 0.2) is 0 Å². The third-order valence-electron chi connectivity index (χ3n) is 1.31. The Hall–Kier alpha value is 0.832. The van der Waals surface area contributed by atoms with Gasteiger partial charge in [-0.25, -0.2) is 0 Å². The molecule has 1 aromatic rings. The first-order valence-corrected chi connectivity index (χ1v) is 3.26. The summed E-state index contributed by atoms with van der Waals surface area (Å²) in [7, 11) is 0. The van der Waals surface area contributed by atoms with E-state index in [2.05, 4.69) is 30.0 Å². The zero-order valence-electron chi connectivity index (χ0n) is 6.39. The quantitative estimate of drug-likeness (QED) is 0.366. The predicted octanol–water partition coefficient (Wildman–Crippen LogP) is -2.91. The molecule has 0 saturated carbocycles. The molecule has 0 spiro atoms. The Morgan fingerprint density at radius 2 is 1.64 bits per heavy atom. The molecule has 0 aromatic heterocycles. The molecule has 0 fully saturated rings. The zero-order chi connectivity index (χ0) is 6.53. The van der Waals surface area contributed by atoms with Crippen molar-refractivity contribution in [2.45, 2.75) is 6.42 Å². The Kier molecular flexibility index (Phi) is 11.7. The molecule has 0 saturated heterocycles. The molecular weight excluding hydrogens is 444 g/mol. The molecule has 0 amide bonds. The molecule has 0 atom stereocenters. The summed E-state index contributed by atoms with van der Waals surface area (Å²) in [4.78, 5) is 0. The van der Waals surface area contributed by atoms with Crippen LogP contribution in [0.5, 0.6) is 0 Å². The van der Waals surface area contributed by atoms with Gasteiger partial charge in [-0.05, 0) is 5.56 Å². The SMILES string of the molecule is [I+].[NH3+]CCc1ccccc1.[Pb+2]. The molecule has 1 nitrogen and oxygen atoms in total. The third kappa shape index (κ3) is 6.04. The predicted molar refractivity (Wildman–Crippen MR) is 43.7 cm³/mol. The van der Waals surface area contributed by atoms with Crippen molar-refractivity contribution in [1.82, 2.24) is 0 Å². The van der Waals surface area contributed by atoms with E-state index in [9.17, 15) is 0 Å². The Bertz CT molecular complexity index is 167. The van der Waals surface area contributed by atoms with Crippen molar-refractivity contribution in [2.24, 2.45) is 0 Å². The fraction of sp³-hybridized carbons (Fsp3) is 0.250. The van der Waals surface area contributed by atoms with Gasteiger partial charge < -0.3 is 5.73 Å². The molecule has 11 heavy (non-hydrogen) atoms. The molecule has 0 aliphatic rings. The van der Waals surface area contributed by atoms with E-state index in [4.69, 9.17) is 0 Å². The maximum atomic E-state index is 3.78. The van der Waals surface area contributed by atoms with Crippen molar-refractivity contribution >= 4 is 27.3 Å². The van der Waals surface area contributed by atoms with Crippen molar-refractivity contribution in [2.75, 3.05) is 6.54 Å². The molecule has 56 valence electrons. The van der Waals surface area contributed by atoms with Crippen LogP contribution in [0.15, 0.2) is 30.3 Å². The summed E-state index contributed by atoms with van der Waals surface area (Å²) in [5.74, 6) is 0. The number of hydrogen-bond donors (Lipinski definition) is 1. The number of hydrogen-bond acceptors (Lipinski definition) is 0. The number of rotatable bonds is 2. The van der Waals surface area contributed by atoms with E-state index in [1.54, 1.807) is 0 Å². The minimum Gasteiger partial charge on any atom is -0.357 e. The maximum Gasteiger partial charge on any atom is 2.00 e. The van der Waals surface area contributed by atoms with Gasteiger partial charge in [-0.2, -0.15) is 0 Å². The minimum absolute atomic E-state index is 0. The fourth-order valence-corrected chi connectivity index (χ4v) is 0.849. The van der Waals surface area contributed by atoms with E-state index in [1.807, 2.05) is 6.07 Å². The van der Waals surface area contributed by atoms with Gasteiger partial charge in [0.25, 0.3) is 0 Å². The van der Waals surface area contributed by atoms with E-state index in [0.29, 0.717) is 0 Å². The summed E-state index contributed by atoms with van der Waals surface area (Å²) < 4.78 is 0. The number of quaternary nitrogens is 1. The molecule has 3 heteroatoms. The maximum absolute atomic E-state index is 3.78. The van der Waals surface area contributed by atoms with Crippen LogP contribution in [0.25, 0.3) is 0 Å². The van der Waals surface area contributed by atoms with E-state index in [0.717, 1.165) is 13.0 Å². The second-order valence-electron chi connectivity index (χ2n) is 2.09. The van der Waals surface area contributed by atoms with E-state index >= 15 is 0 Å². The van der Waals surface area contributed by atoms with E-state index in [1.165, 1.54) is 5.56 Å². The second kappa shape index (κ2) is 8.92. The summed E-state index contributed by atoms with van der Waals surface area (Å²) >= 11 is 0. The van der Waals surface area contributed by atoms with Gasteiger partial charge in [0.1, 0.15) is 0 Å². The van der Waals surface area contributed by atoms with E-state index < -0.39 is 0 Å². The largest absolute Gasteiger partial charge is 2.00 e. The van der Waals surface area contributed by atoms with E-state index in [-0.39, 0.29) is 51.3 Å². The standard InChI is InChI=1S/C8H11N.I.Pb/c9-7-6-8-4-2-1-3-5-8;;/h1-5H,6-7,9H2;;/q;+1;+2/p+1. The van der Waals surface area contributed by atoms with Crippen molar-refractivity contribution in [1.29, 1.82) is 0 Å². The average molecular weight is 456 g/mol. The molecule has 0 heterocycles. The molecule has 0 unspecified atom stereocenters. The summed E-state index contributed by atoms with van der Waals surface area (Å²) in [6.07, 6.45) is 1.10. The monoisotopic (exact) mass is 457 g/mol. The molecule has 0 aliphatic heterocycles. The fourth-order valence-electron chi connectivity index (χ4n) is 0.849. The molecular formula is C8H12INPb+4. The van der Waals surface area contributed by atoms with Gasteiger partial charge in [0.2, 0.25) is 0 Å². The van der Waals surface area contributed by atoms with Crippen LogP contribution in [0.1, 0.15) is 5.56 Å². The zero-order valence-corrected chi connectivity index (χ0v) is 12.4. The molecule has 0 aliphatic carbocycles. The van der Waals surface area contributed by atoms with Gasteiger partial charge in [-0.15, -0.1) is 0 Å². The molecule has 3 N–H and O–H groups in total. The van der Waals surface area contributed by atoms with Crippen LogP contribution >= 0.6 is 0 Å². The van der Waals surface area contributed by atoms with Crippen LogP contribution in [0.4, 0.5) is 0 Å². The van der Waals surface area contributed by atoms with Crippen LogP contribution in [0.2, 0.25) is 0 Å². The molecule has 1 aromatic carbocycles. The van der Waals surface area contributed by atoms with Crippen molar-refractivity contribution in [3.05, 3.63) is 35.9 Å². The van der Waals surface area contributed by atoms with Crippen molar-refractivity contribution in [3.63, 3.8) is 0 Å². The van der Waals surface area contributed by atoms with Gasteiger partial charge in [0, 0.05) is 6.42 Å². The summed E-state index contributed by atoms with van der Waals surface area (Å²) in [5, 5.41) is 0. The summed E-state index contributed by atoms with van der Waals surface area (Å²) in [5.41, 5.74) is 5.16. The van der Waals surface area contributed by atoms with Gasteiger partial charge in [-0.1, -0.05) is 30.3 Å². The molecule has 0 bridgehead atoms. The normalized spacial score (nSPS) is 7.73.